The highest BCUT2D eigenvalue weighted by atomic mass is 32.2. The van der Waals surface area contributed by atoms with E-state index in [4.69, 9.17) is 0 Å². The molecule has 1 aromatic heterocycles. The van der Waals surface area contributed by atoms with Crippen molar-refractivity contribution >= 4 is 32.4 Å². The lowest BCUT2D eigenvalue weighted by Gasteiger charge is -2.12. The topological polar surface area (TPSA) is 101 Å². The molecule has 0 fully saturated rings. The minimum absolute atomic E-state index is 0.148. The van der Waals surface area contributed by atoms with E-state index in [1.54, 1.807) is 6.92 Å². The van der Waals surface area contributed by atoms with Crippen molar-refractivity contribution in [3.05, 3.63) is 35.9 Å². The summed E-state index contributed by atoms with van der Waals surface area (Å²) in [7, 11) is -3.78. The predicted octanol–water partition coefficient (Wildman–Crippen LogP) is 1.54. The lowest BCUT2D eigenvalue weighted by molar-refractivity contribution is -0.114. The number of carbonyl (C=O) groups excluding carboxylic acids is 1. The highest BCUT2D eigenvalue weighted by Gasteiger charge is 2.23. The van der Waals surface area contributed by atoms with Crippen molar-refractivity contribution in [2.75, 3.05) is 5.32 Å². The highest BCUT2D eigenvalue weighted by molar-refractivity contribution is 7.91. The van der Waals surface area contributed by atoms with Gasteiger partial charge in [0.15, 0.2) is 0 Å². The average molecular weight is 326 g/mol. The van der Waals surface area contributed by atoms with Gasteiger partial charge in [0.05, 0.1) is 0 Å². The number of sulfonamides is 1. The van der Waals surface area contributed by atoms with Crippen LogP contribution in [0.25, 0.3) is 0 Å². The van der Waals surface area contributed by atoms with Crippen molar-refractivity contribution in [1.82, 2.24) is 14.9 Å². The first kappa shape index (κ1) is 15.5. The van der Waals surface area contributed by atoms with E-state index >= 15 is 0 Å². The van der Waals surface area contributed by atoms with Crippen LogP contribution < -0.4 is 10.0 Å². The van der Waals surface area contributed by atoms with Crippen LogP contribution in [0, 0.1) is 0 Å². The van der Waals surface area contributed by atoms with Crippen LogP contribution in [0.5, 0.6) is 0 Å². The summed E-state index contributed by atoms with van der Waals surface area (Å²) < 4.78 is 26.7. The fourth-order valence-corrected chi connectivity index (χ4v) is 3.81. The second-order valence-corrected chi connectivity index (χ2v) is 7.17. The van der Waals surface area contributed by atoms with Gasteiger partial charge >= 0.3 is 0 Å². The van der Waals surface area contributed by atoms with Crippen molar-refractivity contribution in [2.45, 2.75) is 24.2 Å². The molecule has 2 aromatic rings. The van der Waals surface area contributed by atoms with Gasteiger partial charge in [-0.15, -0.1) is 10.2 Å². The molecule has 1 aromatic carbocycles. The summed E-state index contributed by atoms with van der Waals surface area (Å²) in [4.78, 5) is 10.9. The van der Waals surface area contributed by atoms with Gasteiger partial charge in [0, 0.05) is 13.0 Å². The third-order valence-corrected chi connectivity index (χ3v) is 5.30. The summed E-state index contributed by atoms with van der Waals surface area (Å²) in [6, 6.07) is 8.78. The van der Waals surface area contributed by atoms with Crippen molar-refractivity contribution in [2.24, 2.45) is 0 Å². The Balaban J connectivity index is 2.15. The Bertz CT molecular complexity index is 728. The van der Waals surface area contributed by atoms with E-state index in [1.807, 2.05) is 30.3 Å². The Morgan fingerprint density at radius 1 is 1.24 bits per heavy atom. The van der Waals surface area contributed by atoms with Crippen molar-refractivity contribution < 1.29 is 13.2 Å². The molecule has 7 nitrogen and oxygen atoms in total. The quantitative estimate of drug-likeness (QED) is 0.812. The minimum atomic E-state index is -3.78. The Morgan fingerprint density at radius 2 is 1.90 bits per heavy atom. The number of nitrogens with zero attached hydrogens (tertiary/aromatic N) is 2. The number of amides is 1. The molecule has 2 rings (SSSR count). The Kier molecular flexibility index (Phi) is 4.66. The normalized spacial score (nSPS) is 12.9. The number of anilines is 1. The van der Waals surface area contributed by atoms with Crippen LogP contribution in [0.1, 0.15) is 25.5 Å². The lowest BCUT2D eigenvalue weighted by atomic mass is 10.1. The van der Waals surface area contributed by atoms with Crippen LogP contribution in [0.4, 0.5) is 5.13 Å². The monoisotopic (exact) mass is 326 g/mol. The van der Waals surface area contributed by atoms with Crippen molar-refractivity contribution in [3.8, 4) is 0 Å². The zero-order valence-corrected chi connectivity index (χ0v) is 13.0. The standard InChI is InChI=1S/C12H14N4O3S2/c1-8(10-6-4-3-5-7-10)16-21(18,19)12-15-14-11(20-12)13-9(2)17/h3-8,16H,1-2H3,(H,13,14,17)/t8-/m1/s1. The van der Waals surface area contributed by atoms with E-state index < -0.39 is 16.1 Å². The summed E-state index contributed by atoms with van der Waals surface area (Å²) in [6.07, 6.45) is 0. The number of nitrogens with one attached hydrogen (secondary N) is 2. The number of aromatic nitrogens is 2. The van der Waals surface area contributed by atoms with Gasteiger partial charge < -0.3 is 5.32 Å². The molecule has 0 unspecified atom stereocenters. The first-order chi connectivity index (χ1) is 9.88. The third kappa shape index (κ3) is 4.06. The highest BCUT2D eigenvalue weighted by Crippen LogP contribution is 2.22. The fourth-order valence-electron chi connectivity index (χ4n) is 1.61. The van der Waals surface area contributed by atoms with Gasteiger partial charge in [-0.1, -0.05) is 41.7 Å². The van der Waals surface area contributed by atoms with E-state index in [2.05, 4.69) is 20.2 Å². The zero-order valence-electron chi connectivity index (χ0n) is 11.4. The van der Waals surface area contributed by atoms with Crippen LogP contribution in [0.2, 0.25) is 0 Å². The summed E-state index contributed by atoms with van der Waals surface area (Å²) in [5.41, 5.74) is 0.840. The fraction of sp³-hybridized carbons (Fsp3) is 0.250. The molecule has 0 saturated carbocycles. The molecule has 21 heavy (non-hydrogen) atoms. The minimum Gasteiger partial charge on any atom is -0.301 e. The maximum absolute atomic E-state index is 12.2. The molecule has 0 saturated heterocycles. The first-order valence-corrected chi connectivity index (χ1v) is 8.37. The maximum atomic E-state index is 12.2. The lowest BCUT2D eigenvalue weighted by Crippen LogP contribution is -2.26. The molecule has 9 heteroatoms. The number of hydrogen-bond acceptors (Lipinski definition) is 6. The summed E-state index contributed by atoms with van der Waals surface area (Å²) in [5.74, 6) is -0.333. The van der Waals surface area contributed by atoms with Gasteiger partial charge in [0.1, 0.15) is 0 Å². The van der Waals surface area contributed by atoms with Crippen LogP contribution in [0.3, 0.4) is 0 Å². The summed E-state index contributed by atoms with van der Waals surface area (Å²) >= 11 is 0.801. The van der Waals surface area contributed by atoms with Gasteiger partial charge in [0.25, 0.3) is 10.0 Å². The second-order valence-electron chi connectivity index (χ2n) is 4.31. The maximum Gasteiger partial charge on any atom is 0.270 e. The van der Waals surface area contributed by atoms with Crippen LogP contribution in [-0.2, 0) is 14.8 Å². The smallest absolute Gasteiger partial charge is 0.270 e. The SMILES string of the molecule is CC(=O)Nc1nnc(S(=O)(=O)N[C@H](C)c2ccccc2)s1. The molecule has 0 aliphatic rings. The summed E-state index contributed by atoms with van der Waals surface area (Å²) in [6.45, 7) is 3.05. The van der Waals surface area contributed by atoms with Crippen LogP contribution in [-0.4, -0.2) is 24.5 Å². The predicted molar refractivity (Wildman–Crippen MR) is 79.4 cm³/mol. The average Bonchev–Trinajstić information content (AvgIpc) is 2.88. The molecule has 0 aliphatic carbocycles. The van der Waals surface area contributed by atoms with Gasteiger partial charge in [-0.05, 0) is 12.5 Å². The molecular formula is C12H14N4O3S2. The Hall–Kier alpha value is -1.84. The number of carbonyl (C=O) groups is 1. The van der Waals surface area contributed by atoms with Crippen LogP contribution in [0.15, 0.2) is 34.7 Å². The van der Waals surface area contributed by atoms with E-state index in [-0.39, 0.29) is 15.4 Å². The van der Waals surface area contributed by atoms with E-state index in [1.165, 1.54) is 6.92 Å². The van der Waals surface area contributed by atoms with E-state index in [0.717, 1.165) is 16.9 Å². The Labute approximate surface area is 126 Å². The molecule has 0 radical (unpaired) electrons. The van der Waals surface area contributed by atoms with Gasteiger partial charge in [-0.3, -0.25) is 4.79 Å². The van der Waals surface area contributed by atoms with Crippen molar-refractivity contribution in [3.63, 3.8) is 0 Å². The molecule has 112 valence electrons. The van der Waals surface area contributed by atoms with E-state index in [9.17, 15) is 13.2 Å². The second kappa shape index (κ2) is 6.29. The number of hydrogen-bond donors (Lipinski definition) is 2. The van der Waals surface area contributed by atoms with E-state index in [0.29, 0.717) is 0 Å². The molecule has 1 heterocycles. The first-order valence-electron chi connectivity index (χ1n) is 6.07. The third-order valence-electron chi connectivity index (χ3n) is 2.55. The van der Waals surface area contributed by atoms with Gasteiger partial charge in [-0.2, -0.15) is 0 Å². The van der Waals surface area contributed by atoms with Crippen molar-refractivity contribution in [1.29, 1.82) is 0 Å². The molecule has 2 N–H and O–H groups in total. The number of benzene rings is 1. The molecule has 1 atom stereocenters. The molecule has 0 bridgehead atoms. The molecule has 1 amide bonds. The zero-order chi connectivity index (χ0) is 15.5. The van der Waals surface area contributed by atoms with Crippen LogP contribution >= 0.6 is 11.3 Å². The Morgan fingerprint density at radius 3 is 2.52 bits per heavy atom. The molecule has 0 aliphatic heterocycles. The molecule has 0 spiro atoms. The molecular weight excluding hydrogens is 312 g/mol. The van der Waals surface area contributed by atoms with Gasteiger partial charge in [0.2, 0.25) is 15.4 Å². The summed E-state index contributed by atoms with van der Waals surface area (Å²) in [5, 5.41) is 9.76. The van der Waals surface area contributed by atoms with Gasteiger partial charge in [-0.25, -0.2) is 13.1 Å². The largest absolute Gasteiger partial charge is 0.301 e. The number of rotatable bonds is 5.